The van der Waals surface area contributed by atoms with Crippen LogP contribution in [0.15, 0.2) is 52.9 Å². The fourth-order valence-electron chi connectivity index (χ4n) is 2.65. The van der Waals surface area contributed by atoms with E-state index in [2.05, 4.69) is 10.6 Å². The van der Waals surface area contributed by atoms with E-state index < -0.39 is 24.5 Å². The predicted octanol–water partition coefficient (Wildman–Crippen LogP) is 2.50. The summed E-state index contributed by atoms with van der Waals surface area (Å²) < 4.78 is 10.8. The van der Waals surface area contributed by atoms with Crippen LogP contribution in [0.3, 0.4) is 0 Å². The highest BCUT2D eigenvalue weighted by molar-refractivity contribution is 6.30. The average molecular weight is 403 g/mol. The molecule has 8 heteroatoms. The number of aliphatic hydroxyl groups is 1. The standard InChI is InChI=1S/C20H19ClN2O5/c1-27-16-4-2-3-13-9-17(28-18(13)16)20(26)23-15(11-24)19(25)22-10-12-5-7-14(21)8-6-12/h2-9,15,24H,10-11H2,1H3,(H,22,25)(H,23,26). The van der Waals surface area contributed by atoms with E-state index in [4.69, 9.17) is 20.8 Å². The Labute approximate surface area is 166 Å². The maximum Gasteiger partial charge on any atom is 0.287 e. The molecule has 0 saturated carbocycles. The Balaban J connectivity index is 1.65. The molecule has 0 aliphatic rings. The van der Waals surface area contributed by atoms with Crippen LogP contribution in [0.25, 0.3) is 11.0 Å². The third-order valence-corrected chi connectivity index (χ3v) is 4.39. The van der Waals surface area contributed by atoms with Gasteiger partial charge in [-0.3, -0.25) is 9.59 Å². The molecule has 0 radical (unpaired) electrons. The van der Waals surface area contributed by atoms with Gasteiger partial charge in [-0.15, -0.1) is 0 Å². The lowest BCUT2D eigenvalue weighted by Crippen LogP contribution is -2.48. The molecule has 7 nitrogen and oxygen atoms in total. The van der Waals surface area contributed by atoms with Crippen LogP contribution in [-0.4, -0.2) is 36.7 Å². The molecule has 0 aliphatic carbocycles. The van der Waals surface area contributed by atoms with Crippen molar-refractivity contribution in [3.63, 3.8) is 0 Å². The number of halogens is 1. The van der Waals surface area contributed by atoms with Crippen molar-refractivity contribution in [3.8, 4) is 5.75 Å². The Morgan fingerprint density at radius 2 is 1.96 bits per heavy atom. The molecule has 146 valence electrons. The Bertz CT molecular complexity index is 984. The van der Waals surface area contributed by atoms with Crippen molar-refractivity contribution in [1.29, 1.82) is 0 Å². The van der Waals surface area contributed by atoms with Crippen LogP contribution in [0.1, 0.15) is 16.1 Å². The zero-order valence-electron chi connectivity index (χ0n) is 15.1. The first-order chi connectivity index (χ1) is 13.5. The predicted molar refractivity (Wildman–Crippen MR) is 104 cm³/mol. The fraction of sp³-hybridized carbons (Fsp3) is 0.200. The van der Waals surface area contributed by atoms with Gasteiger partial charge in [-0.1, -0.05) is 35.9 Å². The van der Waals surface area contributed by atoms with E-state index in [-0.39, 0.29) is 12.3 Å². The first-order valence-electron chi connectivity index (χ1n) is 8.52. The summed E-state index contributed by atoms with van der Waals surface area (Å²) in [6, 6.07) is 12.7. The second kappa shape index (κ2) is 8.77. The number of nitrogens with one attached hydrogen (secondary N) is 2. The molecular formula is C20H19ClN2O5. The number of furan rings is 1. The van der Waals surface area contributed by atoms with Gasteiger partial charge in [0.15, 0.2) is 17.1 Å². The number of aliphatic hydroxyl groups excluding tert-OH is 1. The lowest BCUT2D eigenvalue weighted by molar-refractivity contribution is -0.124. The third-order valence-electron chi connectivity index (χ3n) is 4.14. The molecule has 2 amide bonds. The number of para-hydroxylation sites is 1. The molecule has 3 N–H and O–H groups in total. The summed E-state index contributed by atoms with van der Waals surface area (Å²) in [6.07, 6.45) is 0. The van der Waals surface area contributed by atoms with E-state index in [0.29, 0.717) is 21.7 Å². The van der Waals surface area contributed by atoms with E-state index >= 15 is 0 Å². The summed E-state index contributed by atoms with van der Waals surface area (Å²) in [5, 5.41) is 15.9. The monoisotopic (exact) mass is 402 g/mol. The second-order valence-electron chi connectivity index (χ2n) is 6.04. The van der Waals surface area contributed by atoms with Crippen molar-refractivity contribution in [2.24, 2.45) is 0 Å². The highest BCUT2D eigenvalue weighted by atomic mass is 35.5. The molecule has 0 spiro atoms. The van der Waals surface area contributed by atoms with Gasteiger partial charge in [-0.25, -0.2) is 0 Å². The van der Waals surface area contributed by atoms with E-state index in [9.17, 15) is 14.7 Å². The molecule has 0 fully saturated rings. The summed E-state index contributed by atoms with van der Waals surface area (Å²) in [5.41, 5.74) is 1.27. The summed E-state index contributed by atoms with van der Waals surface area (Å²) in [6.45, 7) is -0.314. The quantitative estimate of drug-likeness (QED) is 0.563. The van der Waals surface area contributed by atoms with Gasteiger partial charge >= 0.3 is 0 Å². The minimum Gasteiger partial charge on any atom is -0.493 e. The van der Waals surface area contributed by atoms with Gasteiger partial charge < -0.3 is 24.9 Å². The first-order valence-corrected chi connectivity index (χ1v) is 8.90. The topological polar surface area (TPSA) is 101 Å². The molecule has 1 atom stereocenters. The number of methoxy groups -OCH3 is 1. The molecule has 2 aromatic carbocycles. The van der Waals surface area contributed by atoms with Crippen LogP contribution in [0.4, 0.5) is 0 Å². The lowest BCUT2D eigenvalue weighted by atomic mass is 10.2. The molecule has 3 aromatic rings. The molecule has 0 aliphatic heterocycles. The van der Waals surface area contributed by atoms with Crippen molar-refractivity contribution in [3.05, 3.63) is 64.9 Å². The molecule has 0 saturated heterocycles. The number of hydrogen-bond donors (Lipinski definition) is 3. The Morgan fingerprint density at radius 1 is 1.21 bits per heavy atom. The SMILES string of the molecule is COc1cccc2cc(C(=O)NC(CO)C(=O)NCc3ccc(Cl)cc3)oc12. The smallest absolute Gasteiger partial charge is 0.287 e. The molecular weight excluding hydrogens is 384 g/mol. The number of amides is 2. The summed E-state index contributed by atoms with van der Waals surface area (Å²) in [7, 11) is 1.50. The number of carbonyl (C=O) groups excluding carboxylic acids is 2. The highest BCUT2D eigenvalue weighted by Gasteiger charge is 2.23. The number of hydrogen-bond acceptors (Lipinski definition) is 5. The first kappa shape index (κ1) is 19.7. The number of fused-ring (bicyclic) bond motifs is 1. The van der Waals surface area contributed by atoms with Crippen molar-refractivity contribution in [2.75, 3.05) is 13.7 Å². The molecule has 1 unspecified atom stereocenters. The highest BCUT2D eigenvalue weighted by Crippen LogP contribution is 2.28. The van der Waals surface area contributed by atoms with Gasteiger partial charge in [0.2, 0.25) is 5.91 Å². The normalized spacial score (nSPS) is 11.8. The van der Waals surface area contributed by atoms with Crippen LogP contribution >= 0.6 is 11.6 Å². The number of benzene rings is 2. The molecule has 0 bridgehead atoms. The van der Waals surface area contributed by atoms with Crippen LogP contribution in [0.2, 0.25) is 5.02 Å². The van der Waals surface area contributed by atoms with Crippen LogP contribution in [0.5, 0.6) is 5.75 Å². The van der Waals surface area contributed by atoms with E-state index in [1.807, 2.05) is 0 Å². The zero-order valence-corrected chi connectivity index (χ0v) is 15.8. The third kappa shape index (κ3) is 4.44. The van der Waals surface area contributed by atoms with Gasteiger partial charge in [-0.05, 0) is 29.8 Å². The number of ether oxygens (including phenoxy) is 1. The number of rotatable bonds is 7. The minimum atomic E-state index is -1.12. The largest absolute Gasteiger partial charge is 0.493 e. The van der Waals surface area contributed by atoms with Crippen LogP contribution in [0, 0.1) is 0 Å². The maximum absolute atomic E-state index is 12.4. The Kier molecular flexibility index (Phi) is 6.18. The summed E-state index contributed by atoms with van der Waals surface area (Å²) in [4.78, 5) is 24.7. The summed E-state index contributed by atoms with van der Waals surface area (Å²) >= 11 is 5.83. The maximum atomic E-state index is 12.4. The minimum absolute atomic E-state index is 0.0171. The van der Waals surface area contributed by atoms with E-state index in [0.717, 1.165) is 5.56 Å². The molecule has 1 aromatic heterocycles. The average Bonchev–Trinajstić information content (AvgIpc) is 3.15. The Hall–Kier alpha value is -3.03. The van der Waals surface area contributed by atoms with Crippen LogP contribution in [-0.2, 0) is 11.3 Å². The summed E-state index contributed by atoms with van der Waals surface area (Å²) in [5.74, 6) is -0.613. The van der Waals surface area contributed by atoms with Crippen molar-refractivity contribution < 1.29 is 23.8 Å². The van der Waals surface area contributed by atoms with Crippen molar-refractivity contribution in [1.82, 2.24) is 10.6 Å². The van der Waals surface area contributed by atoms with Crippen molar-refractivity contribution in [2.45, 2.75) is 12.6 Å². The lowest BCUT2D eigenvalue weighted by Gasteiger charge is -2.15. The Morgan fingerprint density at radius 3 is 2.64 bits per heavy atom. The number of carbonyl (C=O) groups is 2. The van der Waals surface area contributed by atoms with Gasteiger partial charge in [-0.2, -0.15) is 0 Å². The van der Waals surface area contributed by atoms with Gasteiger partial charge in [0.25, 0.3) is 5.91 Å². The second-order valence-corrected chi connectivity index (χ2v) is 6.48. The van der Waals surface area contributed by atoms with E-state index in [1.165, 1.54) is 7.11 Å². The van der Waals surface area contributed by atoms with Gasteiger partial charge in [0, 0.05) is 17.0 Å². The molecule has 1 heterocycles. The van der Waals surface area contributed by atoms with Crippen LogP contribution < -0.4 is 15.4 Å². The van der Waals surface area contributed by atoms with Gasteiger partial charge in [0.05, 0.1) is 13.7 Å². The molecule has 3 rings (SSSR count). The van der Waals surface area contributed by atoms with Gasteiger partial charge in [0.1, 0.15) is 6.04 Å². The molecule has 28 heavy (non-hydrogen) atoms. The van der Waals surface area contributed by atoms with Crippen molar-refractivity contribution >= 4 is 34.4 Å². The van der Waals surface area contributed by atoms with E-state index in [1.54, 1.807) is 48.5 Å². The fourth-order valence-corrected chi connectivity index (χ4v) is 2.77. The zero-order chi connectivity index (χ0) is 20.1.